The minimum absolute atomic E-state index is 0.390. The molecule has 1 aliphatic heterocycles. The summed E-state index contributed by atoms with van der Waals surface area (Å²) in [5, 5.41) is 13.8. The molecular formula is C17H25NO2S. The van der Waals surface area contributed by atoms with Gasteiger partial charge in [0.1, 0.15) is 5.75 Å². The van der Waals surface area contributed by atoms with Gasteiger partial charge in [-0.15, -0.1) is 0 Å². The quantitative estimate of drug-likeness (QED) is 0.848. The van der Waals surface area contributed by atoms with Crippen molar-refractivity contribution in [1.29, 1.82) is 0 Å². The SMILES string of the molecule is OC1(CNCc2ccccc2OC2CCCC2)CCSC1. The normalized spacial score (nSPS) is 26.3. The minimum Gasteiger partial charge on any atom is -0.490 e. The third-order valence-electron chi connectivity index (χ3n) is 4.42. The van der Waals surface area contributed by atoms with Gasteiger partial charge in [0, 0.05) is 24.4 Å². The van der Waals surface area contributed by atoms with E-state index in [9.17, 15) is 5.11 Å². The van der Waals surface area contributed by atoms with Crippen molar-refractivity contribution in [2.24, 2.45) is 0 Å². The predicted molar refractivity (Wildman–Crippen MR) is 87.9 cm³/mol. The highest BCUT2D eigenvalue weighted by Crippen LogP contribution is 2.28. The van der Waals surface area contributed by atoms with Gasteiger partial charge in [0.25, 0.3) is 0 Å². The Kier molecular flexibility index (Phi) is 5.09. The van der Waals surface area contributed by atoms with E-state index in [1.807, 2.05) is 17.8 Å². The highest BCUT2D eigenvalue weighted by molar-refractivity contribution is 7.99. The summed E-state index contributed by atoms with van der Waals surface area (Å²) < 4.78 is 6.15. The number of rotatable bonds is 6. The van der Waals surface area contributed by atoms with E-state index in [0.29, 0.717) is 12.6 Å². The highest BCUT2D eigenvalue weighted by atomic mass is 32.2. The molecule has 1 aliphatic carbocycles. The van der Waals surface area contributed by atoms with Crippen molar-refractivity contribution in [1.82, 2.24) is 5.32 Å². The van der Waals surface area contributed by atoms with Gasteiger partial charge in [-0.1, -0.05) is 18.2 Å². The second kappa shape index (κ2) is 7.03. The van der Waals surface area contributed by atoms with Gasteiger partial charge in [0.15, 0.2) is 0 Å². The summed E-state index contributed by atoms with van der Waals surface area (Å²) in [7, 11) is 0. The number of aliphatic hydroxyl groups is 1. The van der Waals surface area contributed by atoms with Crippen molar-refractivity contribution < 1.29 is 9.84 Å². The van der Waals surface area contributed by atoms with Crippen LogP contribution in [0.1, 0.15) is 37.7 Å². The fourth-order valence-corrected chi connectivity index (χ4v) is 4.41. The first-order valence-corrected chi connectivity index (χ1v) is 9.16. The third kappa shape index (κ3) is 4.15. The van der Waals surface area contributed by atoms with Gasteiger partial charge in [-0.05, 0) is 43.9 Å². The molecule has 3 nitrogen and oxygen atoms in total. The predicted octanol–water partition coefficient (Wildman–Crippen LogP) is 2.97. The zero-order valence-electron chi connectivity index (χ0n) is 12.5. The van der Waals surface area contributed by atoms with Gasteiger partial charge in [-0.2, -0.15) is 11.8 Å². The van der Waals surface area contributed by atoms with E-state index in [1.54, 1.807) is 0 Å². The maximum Gasteiger partial charge on any atom is 0.124 e. The molecule has 21 heavy (non-hydrogen) atoms. The minimum atomic E-state index is -0.522. The lowest BCUT2D eigenvalue weighted by Crippen LogP contribution is -2.40. The van der Waals surface area contributed by atoms with Crippen molar-refractivity contribution in [2.45, 2.75) is 50.4 Å². The van der Waals surface area contributed by atoms with Gasteiger partial charge in [0.05, 0.1) is 11.7 Å². The number of ether oxygens (including phenoxy) is 1. The number of hydrogen-bond donors (Lipinski definition) is 2. The first kappa shape index (κ1) is 15.2. The summed E-state index contributed by atoms with van der Waals surface area (Å²) in [6.45, 7) is 1.42. The lowest BCUT2D eigenvalue weighted by molar-refractivity contribution is 0.0673. The molecule has 2 N–H and O–H groups in total. The molecule has 1 saturated heterocycles. The van der Waals surface area contributed by atoms with E-state index in [-0.39, 0.29) is 0 Å². The van der Waals surface area contributed by atoms with Crippen molar-refractivity contribution in [3.8, 4) is 5.75 Å². The first-order chi connectivity index (χ1) is 10.3. The Morgan fingerprint density at radius 3 is 2.86 bits per heavy atom. The van der Waals surface area contributed by atoms with Crippen LogP contribution in [0, 0.1) is 0 Å². The second-order valence-electron chi connectivity index (χ2n) is 6.26. The van der Waals surface area contributed by atoms with Crippen LogP contribution in [-0.2, 0) is 6.54 Å². The fourth-order valence-electron chi connectivity index (χ4n) is 3.12. The van der Waals surface area contributed by atoms with Gasteiger partial charge in [0.2, 0.25) is 0 Å². The molecule has 0 bridgehead atoms. The summed E-state index contributed by atoms with van der Waals surface area (Å²) in [6.07, 6.45) is 6.22. The molecule has 4 heteroatoms. The maximum absolute atomic E-state index is 10.4. The zero-order valence-corrected chi connectivity index (χ0v) is 13.3. The molecule has 1 atom stereocenters. The maximum atomic E-state index is 10.4. The van der Waals surface area contributed by atoms with Gasteiger partial charge in [-0.3, -0.25) is 0 Å². The largest absolute Gasteiger partial charge is 0.490 e. The molecule has 1 aromatic carbocycles. The Bertz CT molecular complexity index is 454. The number of para-hydroxylation sites is 1. The second-order valence-corrected chi connectivity index (χ2v) is 7.37. The molecule has 0 radical (unpaired) electrons. The number of benzene rings is 1. The van der Waals surface area contributed by atoms with Gasteiger partial charge in [-0.25, -0.2) is 0 Å². The Morgan fingerprint density at radius 1 is 1.29 bits per heavy atom. The lowest BCUT2D eigenvalue weighted by atomic mass is 10.0. The van der Waals surface area contributed by atoms with Crippen molar-refractivity contribution in [3.05, 3.63) is 29.8 Å². The van der Waals surface area contributed by atoms with Crippen LogP contribution in [0.4, 0.5) is 0 Å². The monoisotopic (exact) mass is 307 g/mol. The Hall–Kier alpha value is -0.710. The number of hydrogen-bond acceptors (Lipinski definition) is 4. The molecule has 0 aromatic heterocycles. The average Bonchev–Trinajstić information content (AvgIpc) is 3.13. The first-order valence-electron chi connectivity index (χ1n) is 8.01. The Balaban J connectivity index is 1.54. The topological polar surface area (TPSA) is 41.5 Å². The van der Waals surface area contributed by atoms with Crippen LogP contribution in [0.2, 0.25) is 0 Å². The molecule has 1 heterocycles. The van der Waals surface area contributed by atoms with Gasteiger partial charge >= 0.3 is 0 Å². The van der Waals surface area contributed by atoms with Crippen LogP contribution >= 0.6 is 11.8 Å². The smallest absolute Gasteiger partial charge is 0.124 e. The molecule has 1 unspecified atom stereocenters. The molecule has 1 aromatic rings. The molecule has 2 fully saturated rings. The average molecular weight is 307 g/mol. The van der Waals surface area contributed by atoms with Crippen molar-refractivity contribution in [2.75, 3.05) is 18.1 Å². The van der Waals surface area contributed by atoms with E-state index >= 15 is 0 Å². The molecular weight excluding hydrogens is 282 g/mol. The van der Waals surface area contributed by atoms with Crippen LogP contribution in [0.3, 0.4) is 0 Å². The van der Waals surface area contributed by atoms with Crippen LogP contribution in [0.15, 0.2) is 24.3 Å². The standard InChI is InChI=1S/C17H25NO2S/c19-17(9-10-21-13-17)12-18-11-14-5-1-4-8-16(14)20-15-6-2-3-7-15/h1,4-5,8,15,18-19H,2-3,6-7,9-13H2. The van der Waals surface area contributed by atoms with E-state index in [1.165, 1.54) is 31.2 Å². The van der Waals surface area contributed by atoms with E-state index in [2.05, 4.69) is 23.5 Å². The van der Waals surface area contributed by atoms with Crippen molar-refractivity contribution in [3.63, 3.8) is 0 Å². The van der Waals surface area contributed by atoms with Gasteiger partial charge < -0.3 is 15.2 Å². The zero-order chi connectivity index (χ0) is 14.5. The lowest BCUT2D eigenvalue weighted by Gasteiger charge is -2.22. The summed E-state index contributed by atoms with van der Waals surface area (Å²) in [5.74, 6) is 2.92. The number of thioether (sulfide) groups is 1. The Labute approximate surface area is 131 Å². The summed E-state index contributed by atoms with van der Waals surface area (Å²) in [5.41, 5.74) is 0.671. The summed E-state index contributed by atoms with van der Waals surface area (Å²) in [4.78, 5) is 0. The van der Waals surface area contributed by atoms with E-state index in [4.69, 9.17) is 4.74 Å². The van der Waals surface area contributed by atoms with Crippen LogP contribution < -0.4 is 10.1 Å². The van der Waals surface area contributed by atoms with Crippen molar-refractivity contribution >= 4 is 11.8 Å². The third-order valence-corrected chi connectivity index (χ3v) is 5.65. The van der Waals surface area contributed by atoms with Crippen LogP contribution in [0.5, 0.6) is 5.75 Å². The highest BCUT2D eigenvalue weighted by Gasteiger charge is 2.31. The van der Waals surface area contributed by atoms with E-state index < -0.39 is 5.60 Å². The summed E-state index contributed by atoms with van der Waals surface area (Å²) in [6, 6.07) is 8.27. The molecule has 0 spiro atoms. The van der Waals surface area contributed by atoms with Crippen LogP contribution in [-0.4, -0.2) is 34.9 Å². The Morgan fingerprint density at radius 2 is 2.10 bits per heavy atom. The molecule has 0 amide bonds. The molecule has 3 rings (SSSR count). The molecule has 116 valence electrons. The molecule has 2 aliphatic rings. The number of nitrogens with one attached hydrogen (secondary N) is 1. The fraction of sp³-hybridized carbons (Fsp3) is 0.647. The summed E-state index contributed by atoms with van der Waals surface area (Å²) >= 11 is 1.84. The van der Waals surface area contributed by atoms with E-state index in [0.717, 1.165) is 30.2 Å². The van der Waals surface area contributed by atoms with Crippen LogP contribution in [0.25, 0.3) is 0 Å². The molecule has 1 saturated carbocycles.